The lowest BCUT2D eigenvalue weighted by molar-refractivity contribution is 0.186. The van der Waals surface area contributed by atoms with Crippen LogP contribution in [0.1, 0.15) is 18.5 Å². The number of hydrogen-bond donors (Lipinski definition) is 1. The van der Waals surface area contributed by atoms with Crippen molar-refractivity contribution >= 4 is 5.82 Å². The van der Waals surface area contributed by atoms with Crippen molar-refractivity contribution in [2.24, 2.45) is 0 Å². The van der Waals surface area contributed by atoms with E-state index in [-0.39, 0.29) is 6.04 Å². The van der Waals surface area contributed by atoms with Gasteiger partial charge in [0.2, 0.25) is 0 Å². The van der Waals surface area contributed by atoms with E-state index in [4.69, 9.17) is 4.74 Å². The third-order valence-electron chi connectivity index (χ3n) is 2.82. The molecule has 1 unspecified atom stereocenters. The Morgan fingerprint density at radius 3 is 2.67 bits per heavy atom. The van der Waals surface area contributed by atoms with E-state index in [0.717, 1.165) is 12.4 Å². The van der Waals surface area contributed by atoms with Crippen LogP contribution in [0.4, 0.5) is 5.82 Å². The molecule has 1 aromatic heterocycles. The fourth-order valence-corrected chi connectivity index (χ4v) is 1.87. The topological polar surface area (TPSA) is 39.1 Å². The Kier molecular flexibility index (Phi) is 4.36. The van der Waals surface area contributed by atoms with Crippen LogP contribution in [0.3, 0.4) is 0 Å². The van der Waals surface area contributed by atoms with Crippen molar-refractivity contribution in [3.63, 3.8) is 0 Å². The van der Waals surface area contributed by atoms with Crippen LogP contribution in [0.25, 0.3) is 0 Å². The number of hydrogen-bond acceptors (Lipinski definition) is 3. The van der Waals surface area contributed by atoms with Gasteiger partial charge in [0.25, 0.3) is 0 Å². The van der Waals surface area contributed by atoms with Crippen molar-refractivity contribution < 1.29 is 4.74 Å². The molecule has 0 aliphatic rings. The molecule has 2 rings (SSSR count). The van der Waals surface area contributed by atoms with Crippen LogP contribution in [-0.4, -0.2) is 23.5 Å². The van der Waals surface area contributed by atoms with Crippen LogP contribution in [0, 0.1) is 0 Å². The first-order chi connectivity index (χ1) is 8.83. The molecule has 0 spiro atoms. The number of methoxy groups -OCH3 is 1. The zero-order chi connectivity index (χ0) is 12.8. The maximum Gasteiger partial charge on any atom is 0.148 e. The molecule has 0 fully saturated rings. The van der Waals surface area contributed by atoms with Crippen molar-refractivity contribution in [3.05, 3.63) is 48.2 Å². The lowest BCUT2D eigenvalue weighted by Crippen LogP contribution is -2.16. The molecular weight excluding hydrogens is 226 g/mol. The number of aryl methyl sites for hydroxylation is 1. The first-order valence-electron chi connectivity index (χ1n) is 6.17. The normalized spacial score (nSPS) is 12.3. The zero-order valence-corrected chi connectivity index (χ0v) is 10.8. The maximum absolute atomic E-state index is 5.27. The number of ether oxygens (including phenoxy) is 1. The lowest BCUT2D eigenvalue weighted by atomic mass is 10.1. The molecule has 0 saturated carbocycles. The number of rotatable bonds is 6. The molecule has 96 valence electrons. The molecule has 0 saturated heterocycles. The number of benzene rings is 1. The maximum atomic E-state index is 5.27. The first kappa shape index (κ1) is 12.6. The number of nitrogens with zero attached hydrogens (tertiary/aromatic N) is 2. The van der Waals surface area contributed by atoms with E-state index >= 15 is 0 Å². The highest BCUT2D eigenvalue weighted by Gasteiger charge is 2.11. The van der Waals surface area contributed by atoms with E-state index in [9.17, 15) is 0 Å². The second-order valence-corrected chi connectivity index (χ2v) is 4.12. The molecule has 0 radical (unpaired) electrons. The van der Waals surface area contributed by atoms with E-state index in [0.29, 0.717) is 6.61 Å². The quantitative estimate of drug-likeness (QED) is 0.850. The summed E-state index contributed by atoms with van der Waals surface area (Å²) in [6.07, 6.45) is 1.97. The number of anilines is 1. The minimum atomic E-state index is 0.122. The van der Waals surface area contributed by atoms with Crippen molar-refractivity contribution in [3.8, 4) is 0 Å². The Bertz CT molecular complexity index is 467. The molecule has 1 heterocycles. The van der Waals surface area contributed by atoms with Gasteiger partial charge in [0.15, 0.2) is 0 Å². The summed E-state index contributed by atoms with van der Waals surface area (Å²) in [7, 11) is 1.71. The van der Waals surface area contributed by atoms with Gasteiger partial charge >= 0.3 is 0 Å². The molecule has 18 heavy (non-hydrogen) atoms. The van der Waals surface area contributed by atoms with Gasteiger partial charge in [-0.15, -0.1) is 0 Å². The van der Waals surface area contributed by atoms with Crippen LogP contribution in [0.5, 0.6) is 0 Å². The monoisotopic (exact) mass is 245 g/mol. The van der Waals surface area contributed by atoms with Gasteiger partial charge in [-0.2, -0.15) is 5.10 Å². The van der Waals surface area contributed by atoms with Gasteiger partial charge in [-0.1, -0.05) is 30.3 Å². The Morgan fingerprint density at radius 2 is 2.06 bits per heavy atom. The minimum Gasteiger partial charge on any atom is -0.382 e. The summed E-state index contributed by atoms with van der Waals surface area (Å²) < 4.78 is 7.17. The van der Waals surface area contributed by atoms with Crippen molar-refractivity contribution in [1.29, 1.82) is 0 Å². The van der Waals surface area contributed by atoms with E-state index in [1.165, 1.54) is 5.56 Å². The summed E-state index contributed by atoms with van der Waals surface area (Å²) in [6.45, 7) is 3.56. The van der Waals surface area contributed by atoms with Gasteiger partial charge in [-0.3, -0.25) is 4.68 Å². The van der Waals surface area contributed by atoms with E-state index in [2.05, 4.69) is 29.5 Å². The molecule has 0 aliphatic carbocycles. The molecule has 2 aromatic rings. The number of nitrogens with one attached hydrogen (secondary N) is 1. The largest absolute Gasteiger partial charge is 0.382 e. The van der Waals surface area contributed by atoms with Crippen LogP contribution in [0.15, 0.2) is 42.6 Å². The zero-order valence-electron chi connectivity index (χ0n) is 10.8. The summed E-state index contributed by atoms with van der Waals surface area (Å²) in [5.74, 6) is 0.878. The van der Waals surface area contributed by atoms with E-state index < -0.39 is 0 Å². The van der Waals surface area contributed by atoms with Gasteiger partial charge < -0.3 is 10.1 Å². The van der Waals surface area contributed by atoms with Crippen molar-refractivity contribution in [2.75, 3.05) is 19.0 Å². The molecular formula is C14H19N3O. The average molecular weight is 245 g/mol. The molecule has 1 N–H and O–H groups in total. The molecule has 0 aliphatic heterocycles. The SMILES string of the molecule is CCn1ccc(NC(COC)c2ccccc2)n1. The predicted octanol–water partition coefficient (Wildman–Crippen LogP) is 2.70. The molecule has 4 nitrogen and oxygen atoms in total. The molecule has 4 heteroatoms. The highest BCUT2D eigenvalue weighted by molar-refractivity contribution is 5.37. The Labute approximate surface area is 108 Å². The molecule has 1 aromatic carbocycles. The third-order valence-corrected chi connectivity index (χ3v) is 2.82. The summed E-state index contributed by atoms with van der Waals surface area (Å²) in [6, 6.07) is 12.4. The Balaban J connectivity index is 2.11. The summed E-state index contributed by atoms with van der Waals surface area (Å²) in [5.41, 5.74) is 1.20. The summed E-state index contributed by atoms with van der Waals surface area (Å²) in [5, 5.41) is 7.82. The highest BCUT2D eigenvalue weighted by atomic mass is 16.5. The Morgan fingerprint density at radius 1 is 1.28 bits per heavy atom. The summed E-state index contributed by atoms with van der Waals surface area (Å²) in [4.78, 5) is 0. The molecule has 0 bridgehead atoms. The predicted molar refractivity (Wildman–Crippen MR) is 72.6 cm³/mol. The molecule has 1 atom stereocenters. The van der Waals surface area contributed by atoms with Crippen LogP contribution in [0.2, 0.25) is 0 Å². The lowest BCUT2D eigenvalue weighted by Gasteiger charge is -2.17. The third kappa shape index (κ3) is 3.11. The molecule has 0 amide bonds. The highest BCUT2D eigenvalue weighted by Crippen LogP contribution is 2.18. The van der Waals surface area contributed by atoms with Gasteiger partial charge in [-0.05, 0) is 12.5 Å². The Hall–Kier alpha value is -1.81. The first-order valence-corrected chi connectivity index (χ1v) is 6.17. The fraction of sp³-hybridized carbons (Fsp3) is 0.357. The standard InChI is InChI=1S/C14H19N3O/c1-3-17-10-9-14(16-17)15-13(11-18-2)12-7-5-4-6-8-12/h4-10,13H,3,11H2,1-2H3,(H,15,16). The van der Waals surface area contributed by atoms with Gasteiger partial charge in [0, 0.05) is 25.9 Å². The smallest absolute Gasteiger partial charge is 0.148 e. The van der Waals surface area contributed by atoms with E-state index in [1.54, 1.807) is 7.11 Å². The minimum absolute atomic E-state index is 0.122. The van der Waals surface area contributed by atoms with Gasteiger partial charge in [0.1, 0.15) is 5.82 Å². The van der Waals surface area contributed by atoms with Crippen LogP contribution in [-0.2, 0) is 11.3 Å². The number of aromatic nitrogens is 2. The van der Waals surface area contributed by atoms with E-state index in [1.807, 2.05) is 35.1 Å². The van der Waals surface area contributed by atoms with Crippen molar-refractivity contribution in [1.82, 2.24) is 9.78 Å². The van der Waals surface area contributed by atoms with Crippen LogP contribution < -0.4 is 5.32 Å². The van der Waals surface area contributed by atoms with Crippen LogP contribution >= 0.6 is 0 Å². The second kappa shape index (κ2) is 6.21. The fourth-order valence-electron chi connectivity index (χ4n) is 1.87. The van der Waals surface area contributed by atoms with Gasteiger partial charge in [0.05, 0.1) is 12.6 Å². The second-order valence-electron chi connectivity index (χ2n) is 4.12. The summed E-state index contributed by atoms with van der Waals surface area (Å²) >= 11 is 0. The van der Waals surface area contributed by atoms with Crippen molar-refractivity contribution in [2.45, 2.75) is 19.5 Å². The average Bonchev–Trinajstić information content (AvgIpc) is 2.87. The van der Waals surface area contributed by atoms with Gasteiger partial charge in [-0.25, -0.2) is 0 Å².